The molecule has 0 aliphatic rings. The molecule has 98 valence electrons. The maximum Gasteiger partial charge on any atom is 0.124 e. The molecule has 0 bridgehead atoms. The summed E-state index contributed by atoms with van der Waals surface area (Å²) in [6.45, 7) is 2.98. The van der Waals surface area contributed by atoms with Crippen molar-refractivity contribution in [1.29, 1.82) is 0 Å². The lowest BCUT2D eigenvalue weighted by atomic mass is 10.3. The molecule has 3 rings (SSSR count). The van der Waals surface area contributed by atoms with Crippen LogP contribution in [0.15, 0.2) is 40.2 Å². The van der Waals surface area contributed by atoms with E-state index in [1.54, 1.807) is 11.3 Å². The van der Waals surface area contributed by atoms with Crippen LogP contribution >= 0.6 is 27.3 Å². The quantitative estimate of drug-likeness (QED) is 0.748. The third-order valence-corrected chi connectivity index (χ3v) is 4.72. The molecule has 0 radical (unpaired) electrons. The van der Waals surface area contributed by atoms with Crippen LogP contribution in [-0.2, 0) is 6.54 Å². The summed E-state index contributed by atoms with van der Waals surface area (Å²) >= 11 is 5.22. The number of thiophene rings is 1. The minimum atomic E-state index is 0.202. The van der Waals surface area contributed by atoms with Gasteiger partial charge in [-0.3, -0.25) is 0 Å². The average molecular weight is 336 g/mol. The Hall–Kier alpha value is -1.17. The highest BCUT2D eigenvalue weighted by Gasteiger charge is 2.10. The molecule has 1 atom stereocenters. The lowest BCUT2D eigenvalue weighted by molar-refractivity contribution is 0.556. The van der Waals surface area contributed by atoms with Crippen LogP contribution in [0.4, 0.5) is 0 Å². The molecule has 2 heterocycles. The van der Waals surface area contributed by atoms with E-state index in [1.165, 1.54) is 4.88 Å². The van der Waals surface area contributed by atoms with Crippen LogP contribution in [0.5, 0.6) is 0 Å². The van der Waals surface area contributed by atoms with E-state index in [-0.39, 0.29) is 6.04 Å². The maximum absolute atomic E-state index is 4.61. The number of nitrogens with zero attached hydrogens (tertiary/aromatic N) is 1. The smallest absolute Gasteiger partial charge is 0.124 e. The normalized spacial score (nSPS) is 12.9. The molecule has 0 amide bonds. The second-order valence-electron chi connectivity index (χ2n) is 4.47. The van der Waals surface area contributed by atoms with Gasteiger partial charge < -0.3 is 10.3 Å². The molecule has 0 saturated carbocycles. The summed E-state index contributed by atoms with van der Waals surface area (Å²) in [5.74, 6) is 0.983. The van der Waals surface area contributed by atoms with E-state index in [2.05, 4.69) is 55.7 Å². The Bertz CT molecular complexity index is 656. The number of benzene rings is 1. The van der Waals surface area contributed by atoms with Crippen molar-refractivity contribution < 1.29 is 0 Å². The van der Waals surface area contributed by atoms with E-state index in [1.807, 2.05) is 18.2 Å². The van der Waals surface area contributed by atoms with Crippen molar-refractivity contribution in [2.45, 2.75) is 19.5 Å². The van der Waals surface area contributed by atoms with Crippen molar-refractivity contribution in [2.24, 2.45) is 0 Å². The second kappa shape index (κ2) is 5.45. The lowest BCUT2D eigenvalue weighted by Gasteiger charge is -2.09. The zero-order valence-electron chi connectivity index (χ0n) is 10.5. The number of aromatic nitrogens is 2. The topological polar surface area (TPSA) is 40.7 Å². The fraction of sp³-hybridized carbons (Fsp3) is 0.214. The number of hydrogen-bond donors (Lipinski definition) is 2. The molecular weight excluding hydrogens is 322 g/mol. The van der Waals surface area contributed by atoms with E-state index < -0.39 is 0 Å². The predicted molar refractivity (Wildman–Crippen MR) is 83.4 cm³/mol. The molecule has 1 unspecified atom stereocenters. The van der Waals surface area contributed by atoms with Gasteiger partial charge in [0.05, 0.1) is 17.1 Å². The molecule has 5 heteroatoms. The maximum atomic E-state index is 4.61. The standard InChI is InChI=1S/C14H14BrN3S/c1-9(16-7-11-6-10(15)8-19-11)14-17-12-4-2-3-5-13(12)18-14/h2-6,8-9,16H,7H2,1H3,(H,17,18). The van der Waals surface area contributed by atoms with Gasteiger partial charge in [0.1, 0.15) is 5.82 Å². The molecule has 19 heavy (non-hydrogen) atoms. The SMILES string of the molecule is CC(NCc1cc(Br)cs1)c1nc2ccccc2[nH]1. The number of halogens is 1. The van der Waals surface area contributed by atoms with Crippen molar-refractivity contribution in [2.75, 3.05) is 0 Å². The molecule has 3 nitrogen and oxygen atoms in total. The minimum Gasteiger partial charge on any atom is -0.341 e. The van der Waals surface area contributed by atoms with Crippen molar-refractivity contribution >= 4 is 38.3 Å². The van der Waals surface area contributed by atoms with Gasteiger partial charge in [-0.15, -0.1) is 11.3 Å². The van der Waals surface area contributed by atoms with Gasteiger partial charge in [0.15, 0.2) is 0 Å². The summed E-state index contributed by atoms with van der Waals surface area (Å²) in [4.78, 5) is 9.28. The molecule has 0 aliphatic carbocycles. The highest BCUT2D eigenvalue weighted by Crippen LogP contribution is 2.21. The monoisotopic (exact) mass is 335 g/mol. The zero-order valence-corrected chi connectivity index (χ0v) is 12.9. The van der Waals surface area contributed by atoms with E-state index in [0.29, 0.717) is 0 Å². The summed E-state index contributed by atoms with van der Waals surface area (Å²) in [6, 6.07) is 10.4. The molecule has 0 spiro atoms. The number of para-hydroxylation sites is 2. The summed E-state index contributed by atoms with van der Waals surface area (Å²) in [5.41, 5.74) is 2.11. The molecule has 0 saturated heterocycles. The third-order valence-electron chi connectivity index (χ3n) is 3.02. The van der Waals surface area contributed by atoms with Gasteiger partial charge in [0.2, 0.25) is 0 Å². The van der Waals surface area contributed by atoms with E-state index in [4.69, 9.17) is 0 Å². The molecular formula is C14H14BrN3S. The fourth-order valence-corrected chi connectivity index (χ4v) is 3.38. The fourth-order valence-electron chi connectivity index (χ4n) is 1.97. The zero-order chi connectivity index (χ0) is 13.2. The molecule has 0 aliphatic heterocycles. The van der Waals surface area contributed by atoms with Crippen molar-refractivity contribution in [3.05, 3.63) is 50.9 Å². The highest BCUT2D eigenvalue weighted by atomic mass is 79.9. The first-order valence-electron chi connectivity index (χ1n) is 6.13. The molecule has 2 N–H and O–H groups in total. The number of H-pyrrole nitrogens is 1. The first-order chi connectivity index (χ1) is 9.22. The van der Waals surface area contributed by atoms with Crippen molar-refractivity contribution in [3.8, 4) is 0 Å². The Kier molecular flexibility index (Phi) is 3.68. The van der Waals surface area contributed by atoms with Crippen LogP contribution in [0, 0.1) is 0 Å². The van der Waals surface area contributed by atoms with Crippen LogP contribution in [0.3, 0.4) is 0 Å². The van der Waals surface area contributed by atoms with Gasteiger partial charge in [-0.05, 0) is 41.1 Å². The number of rotatable bonds is 4. The van der Waals surface area contributed by atoms with Gasteiger partial charge in [-0.2, -0.15) is 0 Å². The summed E-state index contributed by atoms with van der Waals surface area (Å²) in [7, 11) is 0. The van der Waals surface area contributed by atoms with Crippen LogP contribution in [0.2, 0.25) is 0 Å². The third kappa shape index (κ3) is 2.88. The summed E-state index contributed by atoms with van der Waals surface area (Å²) < 4.78 is 1.14. The minimum absolute atomic E-state index is 0.202. The molecule has 2 aromatic heterocycles. The number of imidazole rings is 1. The number of aromatic amines is 1. The van der Waals surface area contributed by atoms with Crippen molar-refractivity contribution in [3.63, 3.8) is 0 Å². The molecule has 0 fully saturated rings. The van der Waals surface area contributed by atoms with Gasteiger partial charge >= 0.3 is 0 Å². The average Bonchev–Trinajstić information content (AvgIpc) is 3.01. The number of fused-ring (bicyclic) bond motifs is 1. The van der Waals surface area contributed by atoms with Crippen LogP contribution in [0.1, 0.15) is 23.7 Å². The van der Waals surface area contributed by atoms with E-state index in [0.717, 1.165) is 27.9 Å². The summed E-state index contributed by atoms with van der Waals surface area (Å²) in [6.07, 6.45) is 0. The largest absolute Gasteiger partial charge is 0.341 e. The number of hydrogen-bond acceptors (Lipinski definition) is 3. The number of nitrogens with one attached hydrogen (secondary N) is 2. The Balaban J connectivity index is 1.71. The van der Waals surface area contributed by atoms with Gasteiger partial charge in [0, 0.05) is 21.3 Å². The molecule has 3 aromatic rings. The Morgan fingerprint density at radius 3 is 3.00 bits per heavy atom. The highest BCUT2D eigenvalue weighted by molar-refractivity contribution is 9.10. The van der Waals surface area contributed by atoms with Gasteiger partial charge in [0.25, 0.3) is 0 Å². The Morgan fingerprint density at radius 1 is 1.42 bits per heavy atom. The lowest BCUT2D eigenvalue weighted by Crippen LogP contribution is -2.18. The Labute approximate surface area is 124 Å². The molecule has 1 aromatic carbocycles. The van der Waals surface area contributed by atoms with Gasteiger partial charge in [-0.25, -0.2) is 4.98 Å². The second-order valence-corrected chi connectivity index (χ2v) is 6.38. The predicted octanol–water partition coefficient (Wildman–Crippen LogP) is 4.24. The van der Waals surface area contributed by atoms with Crippen LogP contribution < -0.4 is 5.32 Å². The first kappa shape index (κ1) is 12.8. The van der Waals surface area contributed by atoms with Crippen LogP contribution in [-0.4, -0.2) is 9.97 Å². The first-order valence-corrected chi connectivity index (χ1v) is 7.80. The summed E-state index contributed by atoms with van der Waals surface area (Å²) in [5, 5.41) is 5.59. The van der Waals surface area contributed by atoms with Gasteiger partial charge in [-0.1, -0.05) is 12.1 Å². The Morgan fingerprint density at radius 2 is 2.26 bits per heavy atom. The van der Waals surface area contributed by atoms with E-state index in [9.17, 15) is 0 Å². The van der Waals surface area contributed by atoms with E-state index >= 15 is 0 Å². The van der Waals surface area contributed by atoms with Crippen molar-refractivity contribution in [1.82, 2.24) is 15.3 Å². The van der Waals surface area contributed by atoms with Crippen LogP contribution in [0.25, 0.3) is 11.0 Å².